The number of aryl methyl sites for hydroxylation is 1. The van der Waals surface area contributed by atoms with Gasteiger partial charge in [0.2, 0.25) is 0 Å². The molecular weight excluding hydrogens is 351 g/mol. The summed E-state index contributed by atoms with van der Waals surface area (Å²) in [5.74, 6) is 1.17. The standard InChI is InChI=1S/C12H13BrCl2N4/c1-4-16-11-8(14)5-9(15)12(17-11)19-7(3)10(13)6(2)18-19/h5H,4H2,1-3H3,(H,16,17). The molecule has 2 rings (SSSR count). The summed E-state index contributed by atoms with van der Waals surface area (Å²) in [6.07, 6.45) is 0. The van der Waals surface area contributed by atoms with E-state index in [-0.39, 0.29) is 0 Å². The molecule has 0 saturated carbocycles. The predicted molar refractivity (Wildman–Crippen MR) is 82.7 cm³/mol. The van der Waals surface area contributed by atoms with E-state index in [1.807, 2.05) is 20.8 Å². The first-order valence-electron chi connectivity index (χ1n) is 5.77. The maximum Gasteiger partial charge on any atom is 0.174 e. The van der Waals surface area contributed by atoms with E-state index in [4.69, 9.17) is 23.2 Å². The number of halogens is 3. The zero-order valence-corrected chi connectivity index (χ0v) is 13.9. The van der Waals surface area contributed by atoms with E-state index in [0.29, 0.717) is 21.7 Å². The molecule has 1 N–H and O–H groups in total. The van der Waals surface area contributed by atoms with Gasteiger partial charge in [0, 0.05) is 6.54 Å². The normalized spacial score (nSPS) is 10.8. The highest BCUT2D eigenvalue weighted by molar-refractivity contribution is 9.10. The number of pyridine rings is 1. The lowest BCUT2D eigenvalue weighted by atomic mass is 10.4. The van der Waals surface area contributed by atoms with Gasteiger partial charge < -0.3 is 5.32 Å². The van der Waals surface area contributed by atoms with Gasteiger partial charge in [0.1, 0.15) is 5.82 Å². The first-order chi connectivity index (χ1) is 8.95. The average molecular weight is 364 g/mol. The zero-order valence-electron chi connectivity index (χ0n) is 10.8. The Morgan fingerprint density at radius 2 is 2.00 bits per heavy atom. The summed E-state index contributed by atoms with van der Waals surface area (Å²) in [7, 11) is 0. The molecule has 0 radical (unpaired) electrons. The first-order valence-corrected chi connectivity index (χ1v) is 7.32. The molecule has 0 aliphatic rings. The van der Waals surface area contributed by atoms with Crippen molar-refractivity contribution in [2.75, 3.05) is 11.9 Å². The molecule has 2 aromatic heterocycles. The summed E-state index contributed by atoms with van der Waals surface area (Å²) in [4.78, 5) is 4.45. The highest BCUT2D eigenvalue weighted by Gasteiger charge is 2.16. The van der Waals surface area contributed by atoms with Crippen molar-refractivity contribution in [3.63, 3.8) is 0 Å². The van der Waals surface area contributed by atoms with Gasteiger partial charge in [-0.1, -0.05) is 23.2 Å². The number of hydrogen-bond acceptors (Lipinski definition) is 3. The van der Waals surface area contributed by atoms with Crippen molar-refractivity contribution >= 4 is 44.9 Å². The molecule has 0 unspecified atom stereocenters. The largest absolute Gasteiger partial charge is 0.369 e. The van der Waals surface area contributed by atoms with Crippen molar-refractivity contribution in [1.82, 2.24) is 14.8 Å². The van der Waals surface area contributed by atoms with Crippen LogP contribution in [0.3, 0.4) is 0 Å². The van der Waals surface area contributed by atoms with Gasteiger partial charge in [-0.25, -0.2) is 9.67 Å². The quantitative estimate of drug-likeness (QED) is 0.879. The van der Waals surface area contributed by atoms with E-state index in [0.717, 1.165) is 22.4 Å². The van der Waals surface area contributed by atoms with Crippen LogP contribution in [-0.4, -0.2) is 21.3 Å². The minimum atomic E-state index is 0.463. The van der Waals surface area contributed by atoms with E-state index in [9.17, 15) is 0 Å². The number of rotatable bonds is 3. The van der Waals surface area contributed by atoms with Gasteiger partial charge in [0.05, 0.1) is 25.9 Å². The minimum Gasteiger partial charge on any atom is -0.369 e. The van der Waals surface area contributed by atoms with Crippen molar-refractivity contribution in [1.29, 1.82) is 0 Å². The van der Waals surface area contributed by atoms with Crippen LogP contribution in [0.2, 0.25) is 10.0 Å². The Balaban J connectivity index is 2.61. The van der Waals surface area contributed by atoms with Gasteiger partial charge in [-0.3, -0.25) is 0 Å². The van der Waals surface area contributed by atoms with E-state index >= 15 is 0 Å². The molecule has 0 aromatic carbocycles. The molecule has 2 heterocycles. The fourth-order valence-corrected chi connectivity index (χ4v) is 2.48. The van der Waals surface area contributed by atoms with Crippen LogP contribution >= 0.6 is 39.1 Å². The minimum absolute atomic E-state index is 0.463. The lowest BCUT2D eigenvalue weighted by Gasteiger charge is -2.11. The molecule has 0 bridgehead atoms. The van der Waals surface area contributed by atoms with E-state index in [1.165, 1.54) is 0 Å². The summed E-state index contributed by atoms with van der Waals surface area (Å²) < 4.78 is 2.66. The first kappa shape index (κ1) is 14.6. The predicted octanol–water partition coefficient (Wildman–Crippen LogP) is 4.39. The number of hydrogen-bond donors (Lipinski definition) is 1. The molecule has 0 aliphatic carbocycles. The topological polar surface area (TPSA) is 42.7 Å². The van der Waals surface area contributed by atoms with Crippen LogP contribution in [0.4, 0.5) is 5.82 Å². The maximum absolute atomic E-state index is 6.22. The van der Waals surface area contributed by atoms with Crippen molar-refractivity contribution < 1.29 is 0 Å². The van der Waals surface area contributed by atoms with Gasteiger partial charge in [0.15, 0.2) is 5.82 Å². The molecule has 19 heavy (non-hydrogen) atoms. The third-order valence-electron chi connectivity index (χ3n) is 2.66. The third-order valence-corrected chi connectivity index (χ3v) is 4.37. The highest BCUT2D eigenvalue weighted by atomic mass is 79.9. The number of nitrogens with one attached hydrogen (secondary N) is 1. The maximum atomic E-state index is 6.22. The Labute approximate surface area is 130 Å². The van der Waals surface area contributed by atoms with Crippen molar-refractivity contribution in [3.05, 3.63) is 32.0 Å². The van der Waals surface area contributed by atoms with Gasteiger partial charge in [-0.2, -0.15) is 5.10 Å². The zero-order chi connectivity index (χ0) is 14.2. The summed E-state index contributed by atoms with van der Waals surface area (Å²) in [6, 6.07) is 1.67. The van der Waals surface area contributed by atoms with Crippen LogP contribution in [0.25, 0.3) is 5.82 Å². The van der Waals surface area contributed by atoms with Gasteiger partial charge >= 0.3 is 0 Å². The summed E-state index contributed by atoms with van der Waals surface area (Å²) in [5, 5.41) is 8.48. The lowest BCUT2D eigenvalue weighted by molar-refractivity contribution is 0.806. The molecule has 0 atom stereocenters. The van der Waals surface area contributed by atoms with Crippen LogP contribution in [-0.2, 0) is 0 Å². The Bertz CT molecular complexity index is 625. The second-order valence-corrected chi connectivity index (χ2v) is 5.66. The monoisotopic (exact) mass is 362 g/mol. The second-order valence-electron chi connectivity index (χ2n) is 4.05. The molecule has 2 aromatic rings. The van der Waals surface area contributed by atoms with Gasteiger partial charge in [-0.05, 0) is 42.8 Å². The molecule has 0 aliphatic heterocycles. The van der Waals surface area contributed by atoms with Crippen molar-refractivity contribution in [2.24, 2.45) is 0 Å². The molecule has 7 heteroatoms. The van der Waals surface area contributed by atoms with E-state index in [1.54, 1.807) is 10.7 Å². The fraction of sp³-hybridized carbons (Fsp3) is 0.333. The molecule has 102 valence electrons. The molecule has 0 saturated heterocycles. The van der Waals surface area contributed by atoms with Crippen LogP contribution in [0.1, 0.15) is 18.3 Å². The Morgan fingerprint density at radius 3 is 2.53 bits per heavy atom. The molecule has 0 spiro atoms. The highest BCUT2D eigenvalue weighted by Crippen LogP contribution is 2.30. The molecule has 0 amide bonds. The van der Waals surface area contributed by atoms with Crippen molar-refractivity contribution in [2.45, 2.75) is 20.8 Å². The summed E-state index contributed by atoms with van der Waals surface area (Å²) >= 11 is 15.8. The van der Waals surface area contributed by atoms with Crippen LogP contribution in [0, 0.1) is 13.8 Å². The van der Waals surface area contributed by atoms with E-state index in [2.05, 4.69) is 31.3 Å². The van der Waals surface area contributed by atoms with Crippen LogP contribution < -0.4 is 5.32 Å². The SMILES string of the molecule is CCNc1nc(-n2nc(C)c(Br)c2C)c(Cl)cc1Cl. The third kappa shape index (κ3) is 2.73. The summed E-state index contributed by atoms with van der Waals surface area (Å²) in [5.41, 5.74) is 1.83. The fourth-order valence-electron chi connectivity index (χ4n) is 1.73. The van der Waals surface area contributed by atoms with Gasteiger partial charge in [0.25, 0.3) is 0 Å². The number of nitrogens with zero attached hydrogens (tertiary/aromatic N) is 3. The van der Waals surface area contributed by atoms with Crippen LogP contribution in [0.15, 0.2) is 10.5 Å². The lowest BCUT2D eigenvalue weighted by Crippen LogP contribution is -2.07. The van der Waals surface area contributed by atoms with Gasteiger partial charge in [-0.15, -0.1) is 0 Å². The van der Waals surface area contributed by atoms with Crippen molar-refractivity contribution in [3.8, 4) is 5.82 Å². The van der Waals surface area contributed by atoms with E-state index < -0.39 is 0 Å². The second kappa shape index (κ2) is 5.69. The average Bonchev–Trinajstić information content (AvgIpc) is 2.61. The number of aromatic nitrogens is 3. The molecule has 4 nitrogen and oxygen atoms in total. The van der Waals surface area contributed by atoms with Crippen LogP contribution in [0.5, 0.6) is 0 Å². The smallest absolute Gasteiger partial charge is 0.174 e. The molecular formula is C12H13BrCl2N4. The molecule has 0 fully saturated rings. The number of anilines is 1. The Kier molecular flexibility index (Phi) is 4.38. The Morgan fingerprint density at radius 1 is 1.32 bits per heavy atom. The summed E-state index contributed by atoms with van der Waals surface area (Å²) in [6.45, 7) is 6.58. The Hall–Kier alpha value is -0.780.